The first-order valence-corrected chi connectivity index (χ1v) is 13.2. The third-order valence-electron chi connectivity index (χ3n) is 7.34. The van der Waals surface area contributed by atoms with Gasteiger partial charge in [0.2, 0.25) is 5.88 Å². The number of benzene rings is 2. The molecule has 4 heterocycles. The number of hydrogen-bond acceptors (Lipinski definition) is 8. The number of aryl methyl sites for hydroxylation is 1. The molecule has 2 aromatic heterocycles. The number of fused-ring (bicyclic) bond motifs is 4. The number of carbonyl (C=O) groups is 2. The Morgan fingerprint density at radius 2 is 1.78 bits per heavy atom. The van der Waals surface area contributed by atoms with Gasteiger partial charge < -0.3 is 24.1 Å². The Morgan fingerprint density at radius 1 is 1.00 bits per heavy atom. The largest absolute Gasteiger partial charge is 0.497 e. The SMILES string of the molecule is COc1cc(C)cc(N2C(=O)c3nc(-c4cnc(OC)nc4OC)n(C(C)C)c3C23C(=O)Nc2cc(Cl)ccc23)c1. The fourth-order valence-corrected chi connectivity index (χ4v) is 5.93. The third-order valence-corrected chi connectivity index (χ3v) is 7.57. The van der Waals surface area contributed by atoms with E-state index in [-0.39, 0.29) is 23.6 Å². The van der Waals surface area contributed by atoms with Crippen molar-refractivity contribution in [2.24, 2.45) is 0 Å². The number of carbonyl (C=O) groups excluding carboxylic acids is 2. The number of nitrogens with zero attached hydrogens (tertiary/aromatic N) is 5. The molecule has 1 N–H and O–H groups in total. The summed E-state index contributed by atoms with van der Waals surface area (Å²) in [6.45, 7) is 5.80. The van der Waals surface area contributed by atoms with Crippen molar-refractivity contribution < 1.29 is 23.8 Å². The molecular formula is C29H27ClN6O5. The molecule has 4 aromatic rings. The van der Waals surface area contributed by atoms with Gasteiger partial charge >= 0.3 is 6.01 Å². The Kier molecular flexibility index (Phi) is 6.14. The monoisotopic (exact) mass is 574 g/mol. The van der Waals surface area contributed by atoms with Crippen LogP contribution in [0.15, 0.2) is 42.6 Å². The molecule has 1 spiro atoms. The van der Waals surface area contributed by atoms with Crippen LogP contribution in [0.1, 0.15) is 47.2 Å². The molecule has 2 aliphatic heterocycles. The van der Waals surface area contributed by atoms with Crippen molar-refractivity contribution in [3.05, 3.63) is 70.1 Å². The van der Waals surface area contributed by atoms with Crippen LogP contribution in [0.3, 0.4) is 0 Å². The molecule has 1 unspecified atom stereocenters. The van der Waals surface area contributed by atoms with Gasteiger partial charge in [-0.2, -0.15) is 4.98 Å². The topological polar surface area (TPSA) is 121 Å². The van der Waals surface area contributed by atoms with Crippen LogP contribution in [0.25, 0.3) is 11.4 Å². The van der Waals surface area contributed by atoms with E-state index in [2.05, 4.69) is 15.3 Å². The van der Waals surface area contributed by atoms with Gasteiger partial charge in [-0.05, 0) is 50.6 Å². The van der Waals surface area contributed by atoms with Gasteiger partial charge in [0.25, 0.3) is 11.8 Å². The lowest BCUT2D eigenvalue weighted by molar-refractivity contribution is -0.119. The number of hydrogen-bond donors (Lipinski definition) is 1. The van der Waals surface area contributed by atoms with E-state index in [4.69, 9.17) is 30.8 Å². The average Bonchev–Trinajstić information content (AvgIpc) is 3.56. The summed E-state index contributed by atoms with van der Waals surface area (Å²) in [5.41, 5.74) is 1.83. The van der Waals surface area contributed by atoms with Gasteiger partial charge in [-0.1, -0.05) is 17.7 Å². The molecule has 0 bridgehead atoms. The second-order valence-corrected chi connectivity index (χ2v) is 10.5. The van der Waals surface area contributed by atoms with Crippen LogP contribution < -0.4 is 24.4 Å². The summed E-state index contributed by atoms with van der Waals surface area (Å²) in [5, 5.41) is 3.42. The van der Waals surface area contributed by atoms with Crippen LogP contribution in [-0.4, -0.2) is 52.7 Å². The van der Waals surface area contributed by atoms with E-state index < -0.39 is 17.4 Å². The number of aromatic nitrogens is 4. The summed E-state index contributed by atoms with van der Waals surface area (Å²) in [6, 6.07) is 10.5. The van der Waals surface area contributed by atoms with E-state index in [1.54, 1.807) is 31.4 Å². The predicted molar refractivity (Wildman–Crippen MR) is 152 cm³/mol. The zero-order valence-corrected chi connectivity index (χ0v) is 24.0. The molecule has 6 rings (SSSR count). The number of ether oxygens (including phenoxy) is 3. The van der Waals surface area contributed by atoms with Crippen LogP contribution in [-0.2, 0) is 10.3 Å². The zero-order valence-electron chi connectivity index (χ0n) is 23.3. The number of anilines is 2. The van der Waals surface area contributed by atoms with Crippen molar-refractivity contribution in [2.45, 2.75) is 32.4 Å². The Labute approximate surface area is 241 Å². The summed E-state index contributed by atoms with van der Waals surface area (Å²) < 4.78 is 18.1. The molecule has 0 saturated heterocycles. The number of nitrogens with one attached hydrogen (secondary N) is 1. The molecule has 2 aromatic carbocycles. The lowest BCUT2D eigenvalue weighted by atomic mass is 9.87. The number of halogens is 1. The Morgan fingerprint density at radius 3 is 2.46 bits per heavy atom. The molecule has 2 aliphatic rings. The number of amides is 2. The quantitative estimate of drug-likeness (QED) is 0.350. The van der Waals surface area contributed by atoms with E-state index in [1.165, 1.54) is 25.3 Å². The minimum Gasteiger partial charge on any atom is -0.497 e. The van der Waals surface area contributed by atoms with Gasteiger partial charge in [-0.25, -0.2) is 9.97 Å². The maximum absolute atomic E-state index is 14.5. The smallest absolute Gasteiger partial charge is 0.319 e. The van der Waals surface area contributed by atoms with Crippen molar-refractivity contribution in [2.75, 3.05) is 31.5 Å². The minimum atomic E-state index is -1.60. The average molecular weight is 575 g/mol. The van der Waals surface area contributed by atoms with Crippen molar-refractivity contribution in [3.63, 3.8) is 0 Å². The molecule has 210 valence electrons. The van der Waals surface area contributed by atoms with Gasteiger partial charge in [-0.15, -0.1) is 0 Å². The van der Waals surface area contributed by atoms with Gasteiger partial charge in [0.1, 0.15) is 11.6 Å². The van der Waals surface area contributed by atoms with E-state index in [1.807, 2.05) is 37.5 Å². The van der Waals surface area contributed by atoms with E-state index >= 15 is 0 Å². The van der Waals surface area contributed by atoms with Crippen molar-refractivity contribution in [1.29, 1.82) is 0 Å². The summed E-state index contributed by atoms with van der Waals surface area (Å²) in [7, 11) is 4.49. The highest BCUT2D eigenvalue weighted by Crippen LogP contribution is 2.55. The lowest BCUT2D eigenvalue weighted by Crippen LogP contribution is -2.51. The van der Waals surface area contributed by atoms with Crippen LogP contribution in [0.5, 0.6) is 17.6 Å². The first-order valence-electron chi connectivity index (χ1n) is 12.9. The number of imidazole rings is 1. The minimum absolute atomic E-state index is 0.119. The summed E-state index contributed by atoms with van der Waals surface area (Å²) in [6.07, 6.45) is 1.53. The van der Waals surface area contributed by atoms with Crippen LogP contribution in [0.4, 0.5) is 11.4 Å². The molecule has 0 saturated carbocycles. The standard InChI is InChI=1S/C29H27ClN6O5/c1-14(2)35-23-22(33-24(35)19-13-31-28(41-6)34-25(19)40-5)26(37)36(17-9-15(3)10-18(12-17)39-4)29(23)20-8-7-16(30)11-21(20)32-27(29)38/h7-14H,1-6H3,(H,32,38). The molecule has 41 heavy (non-hydrogen) atoms. The first kappa shape index (κ1) is 26.6. The van der Waals surface area contributed by atoms with Crippen LogP contribution in [0.2, 0.25) is 5.02 Å². The van der Waals surface area contributed by atoms with E-state index in [0.29, 0.717) is 44.8 Å². The van der Waals surface area contributed by atoms with Crippen molar-refractivity contribution in [1.82, 2.24) is 19.5 Å². The van der Waals surface area contributed by atoms with E-state index in [0.717, 1.165) is 5.56 Å². The maximum atomic E-state index is 14.5. The summed E-state index contributed by atoms with van der Waals surface area (Å²) in [4.78, 5) is 43.7. The van der Waals surface area contributed by atoms with Gasteiger partial charge in [0.15, 0.2) is 11.2 Å². The molecule has 11 nitrogen and oxygen atoms in total. The summed E-state index contributed by atoms with van der Waals surface area (Å²) in [5.74, 6) is 0.296. The van der Waals surface area contributed by atoms with E-state index in [9.17, 15) is 9.59 Å². The Bertz CT molecular complexity index is 1750. The molecule has 12 heteroatoms. The fraction of sp³-hybridized carbons (Fsp3) is 0.276. The van der Waals surface area contributed by atoms with Crippen LogP contribution >= 0.6 is 11.6 Å². The third kappa shape index (κ3) is 3.68. The van der Waals surface area contributed by atoms with Gasteiger partial charge in [-0.3, -0.25) is 14.5 Å². The zero-order chi connectivity index (χ0) is 29.2. The second kappa shape index (κ2) is 9.48. The Balaban J connectivity index is 1.71. The fourth-order valence-electron chi connectivity index (χ4n) is 5.76. The summed E-state index contributed by atoms with van der Waals surface area (Å²) >= 11 is 6.33. The normalized spacial score (nSPS) is 17.2. The first-order chi connectivity index (χ1) is 19.6. The Hall–Kier alpha value is -4.64. The molecule has 2 amide bonds. The highest BCUT2D eigenvalue weighted by molar-refractivity contribution is 6.31. The number of rotatable bonds is 6. The highest BCUT2D eigenvalue weighted by atomic mass is 35.5. The molecule has 1 atom stereocenters. The number of methoxy groups -OCH3 is 3. The molecule has 0 aliphatic carbocycles. The van der Waals surface area contributed by atoms with Crippen molar-refractivity contribution in [3.8, 4) is 29.0 Å². The van der Waals surface area contributed by atoms with Gasteiger partial charge in [0.05, 0.1) is 32.6 Å². The highest BCUT2D eigenvalue weighted by Gasteiger charge is 2.64. The predicted octanol–water partition coefficient (Wildman–Crippen LogP) is 4.76. The second-order valence-electron chi connectivity index (χ2n) is 10.1. The van der Waals surface area contributed by atoms with Crippen LogP contribution in [0, 0.1) is 6.92 Å². The van der Waals surface area contributed by atoms with Crippen molar-refractivity contribution >= 4 is 34.8 Å². The lowest BCUT2D eigenvalue weighted by Gasteiger charge is -2.36. The maximum Gasteiger partial charge on any atom is 0.319 e. The molecular weight excluding hydrogens is 548 g/mol. The molecule has 0 radical (unpaired) electrons. The van der Waals surface area contributed by atoms with Gasteiger partial charge in [0, 0.05) is 40.3 Å². The molecule has 0 fully saturated rings.